The summed E-state index contributed by atoms with van der Waals surface area (Å²) in [6.45, 7) is 2.08. The fourth-order valence-corrected chi connectivity index (χ4v) is 5.55. The maximum Gasteiger partial charge on any atom is 0.243 e. The highest BCUT2D eigenvalue weighted by atomic mass is 32.2. The van der Waals surface area contributed by atoms with Crippen molar-refractivity contribution in [3.63, 3.8) is 0 Å². The largest absolute Gasteiger partial charge is 0.373 e. The van der Waals surface area contributed by atoms with Gasteiger partial charge in [0.15, 0.2) is 0 Å². The summed E-state index contributed by atoms with van der Waals surface area (Å²) in [5.41, 5.74) is 4.20. The van der Waals surface area contributed by atoms with Gasteiger partial charge >= 0.3 is 0 Å². The second-order valence-corrected chi connectivity index (χ2v) is 10.1. The number of amides is 1. The molecule has 0 spiro atoms. The molecule has 0 saturated carbocycles. The lowest BCUT2D eigenvalue weighted by Gasteiger charge is -2.13. The Morgan fingerprint density at radius 1 is 1.15 bits per heavy atom. The summed E-state index contributed by atoms with van der Waals surface area (Å²) in [5, 5.41) is 10.3. The van der Waals surface area contributed by atoms with Crippen LogP contribution in [0.2, 0.25) is 0 Å². The quantitative estimate of drug-likeness (QED) is 0.446. The normalized spacial score (nSPS) is 14.9. The van der Waals surface area contributed by atoms with E-state index in [1.54, 1.807) is 78.9 Å². The third-order valence-corrected chi connectivity index (χ3v) is 7.82. The Bertz CT molecular complexity index is 1420. The van der Waals surface area contributed by atoms with Crippen LogP contribution in [0, 0.1) is 6.92 Å². The minimum absolute atomic E-state index is 0.110. The molecule has 5 rings (SSSR count). The number of carbonyl (C=O) groups excluding carboxylic acids is 1. The maximum atomic E-state index is 13.2. The van der Waals surface area contributed by atoms with Crippen molar-refractivity contribution in [1.82, 2.24) is 20.1 Å². The number of hydrogen-bond acceptors (Lipinski definition) is 6. The summed E-state index contributed by atoms with van der Waals surface area (Å²) in [6.07, 6.45) is 7.52. The van der Waals surface area contributed by atoms with Gasteiger partial charge in [-0.3, -0.25) is 9.78 Å². The van der Waals surface area contributed by atoms with Gasteiger partial charge in [0.1, 0.15) is 6.04 Å². The molecule has 8 nitrogen and oxygen atoms in total. The smallest absolute Gasteiger partial charge is 0.243 e. The van der Waals surface area contributed by atoms with E-state index in [1.165, 1.54) is 0 Å². The number of aryl methyl sites for hydroxylation is 1. The summed E-state index contributed by atoms with van der Waals surface area (Å²) in [4.78, 5) is 17.1. The van der Waals surface area contributed by atoms with Crippen molar-refractivity contribution in [3.05, 3.63) is 96.1 Å². The van der Waals surface area contributed by atoms with Gasteiger partial charge < -0.3 is 10.6 Å². The van der Waals surface area contributed by atoms with Gasteiger partial charge in [0.25, 0.3) is 0 Å². The second-order valence-electron chi connectivity index (χ2n) is 8.20. The van der Waals surface area contributed by atoms with Crippen LogP contribution in [-0.4, -0.2) is 35.1 Å². The molecule has 1 aliphatic rings. The zero-order valence-electron chi connectivity index (χ0n) is 18.5. The Morgan fingerprint density at radius 3 is 2.68 bits per heavy atom. The lowest BCUT2D eigenvalue weighted by molar-refractivity contribution is -0.121. The molecule has 34 heavy (non-hydrogen) atoms. The van der Waals surface area contributed by atoms with Crippen LogP contribution in [0.3, 0.4) is 0 Å². The first kappa shape index (κ1) is 21.8. The molecular weight excluding hydrogens is 450 g/mol. The molecule has 4 aromatic rings. The molecule has 1 aliphatic heterocycles. The molecule has 0 saturated heterocycles. The molecule has 3 heterocycles. The number of aromatic nitrogens is 3. The van der Waals surface area contributed by atoms with E-state index < -0.39 is 9.84 Å². The number of nitrogens with zero attached hydrogens (tertiary/aromatic N) is 3. The maximum absolute atomic E-state index is 13.2. The summed E-state index contributed by atoms with van der Waals surface area (Å²) < 4.78 is 28.1. The number of benzene rings is 2. The van der Waals surface area contributed by atoms with Crippen molar-refractivity contribution in [2.75, 3.05) is 5.32 Å². The lowest BCUT2D eigenvalue weighted by Crippen LogP contribution is -2.38. The van der Waals surface area contributed by atoms with Crippen molar-refractivity contribution in [3.8, 4) is 5.69 Å². The molecule has 0 aliphatic carbocycles. The molecule has 0 radical (unpaired) electrons. The highest BCUT2D eigenvalue weighted by Gasteiger charge is 2.26. The zero-order chi connectivity index (χ0) is 23.7. The highest BCUT2D eigenvalue weighted by Crippen LogP contribution is 2.26. The predicted molar refractivity (Wildman–Crippen MR) is 127 cm³/mol. The van der Waals surface area contributed by atoms with E-state index in [0.717, 1.165) is 22.5 Å². The number of fused-ring (bicyclic) bond motifs is 1. The first-order chi connectivity index (χ1) is 16.4. The Morgan fingerprint density at radius 2 is 1.97 bits per heavy atom. The van der Waals surface area contributed by atoms with Crippen molar-refractivity contribution in [2.24, 2.45) is 0 Å². The van der Waals surface area contributed by atoms with E-state index in [-0.39, 0.29) is 21.7 Å². The Kier molecular flexibility index (Phi) is 5.62. The van der Waals surface area contributed by atoms with Gasteiger partial charge in [-0.2, -0.15) is 5.10 Å². The summed E-state index contributed by atoms with van der Waals surface area (Å²) in [5.74, 6) is -0.110. The number of sulfone groups is 1. The van der Waals surface area contributed by atoms with Gasteiger partial charge in [-0.05, 0) is 66.1 Å². The molecular formula is C25H23N5O3S. The lowest BCUT2D eigenvalue weighted by atomic mass is 10.1. The Hall–Kier alpha value is -3.98. The Labute approximate surface area is 197 Å². The predicted octanol–water partition coefficient (Wildman–Crippen LogP) is 3.06. The van der Waals surface area contributed by atoms with E-state index in [1.807, 2.05) is 12.1 Å². The van der Waals surface area contributed by atoms with Gasteiger partial charge in [0.05, 0.1) is 15.5 Å². The van der Waals surface area contributed by atoms with Crippen LogP contribution in [-0.2, 0) is 27.6 Å². The first-order valence-electron chi connectivity index (χ1n) is 10.8. The standard InChI is InChI=1S/C25H23N5O3S/c1-17-13-20(30-12-2-10-28-30)5-8-24(17)34(32,33)21-6-3-18(4-7-21)15-27-25(31)23-14-19-16-26-11-9-22(19)29-23/h2-13,16,23,29H,14-15H2,1H3,(H,27,31). The molecule has 9 heteroatoms. The van der Waals surface area contributed by atoms with Crippen LogP contribution in [0.5, 0.6) is 0 Å². The first-order valence-corrected chi connectivity index (χ1v) is 12.3. The third kappa shape index (κ3) is 4.17. The number of rotatable bonds is 6. The van der Waals surface area contributed by atoms with E-state index in [2.05, 4.69) is 20.7 Å². The van der Waals surface area contributed by atoms with E-state index >= 15 is 0 Å². The van der Waals surface area contributed by atoms with Crippen LogP contribution < -0.4 is 10.6 Å². The van der Waals surface area contributed by atoms with E-state index in [9.17, 15) is 13.2 Å². The third-order valence-electron chi connectivity index (χ3n) is 5.89. The number of carbonyl (C=O) groups is 1. The zero-order valence-corrected chi connectivity index (χ0v) is 19.3. The van der Waals surface area contributed by atoms with Crippen LogP contribution in [0.1, 0.15) is 16.7 Å². The molecule has 172 valence electrons. The number of hydrogen-bond donors (Lipinski definition) is 2. The molecule has 0 fully saturated rings. The van der Waals surface area contributed by atoms with Gasteiger partial charge in [-0.1, -0.05) is 12.1 Å². The number of pyridine rings is 1. The van der Waals surface area contributed by atoms with Crippen LogP contribution >= 0.6 is 0 Å². The van der Waals surface area contributed by atoms with Crippen LogP contribution in [0.25, 0.3) is 5.69 Å². The highest BCUT2D eigenvalue weighted by molar-refractivity contribution is 7.91. The summed E-state index contributed by atoms with van der Waals surface area (Å²) in [6, 6.07) is 15.1. The Balaban J connectivity index is 1.25. The molecule has 1 amide bonds. The summed E-state index contributed by atoms with van der Waals surface area (Å²) in [7, 11) is -3.68. The van der Waals surface area contributed by atoms with Crippen molar-refractivity contribution in [2.45, 2.75) is 35.7 Å². The molecule has 1 atom stereocenters. The average Bonchev–Trinajstić information content (AvgIpc) is 3.53. The fraction of sp³-hybridized carbons (Fsp3) is 0.160. The van der Waals surface area contributed by atoms with Crippen LogP contribution in [0.15, 0.2) is 89.2 Å². The molecule has 2 aromatic heterocycles. The van der Waals surface area contributed by atoms with Gasteiger partial charge in [0.2, 0.25) is 15.7 Å². The molecule has 0 bridgehead atoms. The molecule has 2 aromatic carbocycles. The van der Waals surface area contributed by atoms with Gasteiger partial charge in [0, 0.05) is 43.4 Å². The SMILES string of the molecule is Cc1cc(-n2cccn2)ccc1S(=O)(=O)c1ccc(CNC(=O)C2Cc3cnccc3N2)cc1. The average molecular weight is 474 g/mol. The van der Waals surface area contributed by atoms with Gasteiger partial charge in [-0.25, -0.2) is 13.1 Å². The topological polar surface area (TPSA) is 106 Å². The van der Waals surface area contributed by atoms with Crippen molar-refractivity contribution in [1.29, 1.82) is 0 Å². The van der Waals surface area contributed by atoms with Crippen LogP contribution in [0.4, 0.5) is 5.69 Å². The monoisotopic (exact) mass is 473 g/mol. The van der Waals surface area contributed by atoms with E-state index in [0.29, 0.717) is 18.5 Å². The van der Waals surface area contributed by atoms with Crippen molar-refractivity contribution < 1.29 is 13.2 Å². The minimum Gasteiger partial charge on any atom is -0.373 e. The number of anilines is 1. The molecule has 2 N–H and O–H groups in total. The van der Waals surface area contributed by atoms with E-state index in [4.69, 9.17) is 0 Å². The minimum atomic E-state index is -3.68. The molecule has 1 unspecified atom stereocenters. The van der Waals surface area contributed by atoms with Crippen molar-refractivity contribution >= 4 is 21.4 Å². The summed E-state index contributed by atoms with van der Waals surface area (Å²) >= 11 is 0. The fourth-order valence-electron chi connectivity index (χ4n) is 4.07. The van der Waals surface area contributed by atoms with Gasteiger partial charge in [-0.15, -0.1) is 0 Å². The number of nitrogens with one attached hydrogen (secondary N) is 2. The second kappa shape index (κ2) is 8.75.